The van der Waals surface area contributed by atoms with Crippen LogP contribution in [0.3, 0.4) is 0 Å². The number of benzene rings is 1. The molecule has 1 rings (SSSR count). The molecule has 0 saturated carbocycles. The Morgan fingerprint density at radius 1 is 0.963 bits per heavy atom. The number of amides is 3. The first-order valence-electron chi connectivity index (χ1n) is 9.49. The molecule has 2 atom stereocenters. The molecule has 27 heavy (non-hydrogen) atoms. The number of carbonyl (C=O) groups excluding carboxylic acids is 3. The first-order valence-corrected chi connectivity index (χ1v) is 9.49. The number of nitrogens with one attached hydrogen (secondary N) is 3. The lowest BCUT2D eigenvalue weighted by molar-refractivity contribution is -0.138. The van der Waals surface area contributed by atoms with Gasteiger partial charge in [0.15, 0.2) is 0 Å². The summed E-state index contributed by atoms with van der Waals surface area (Å²) in [6.45, 7) is 13.7. The smallest absolute Gasteiger partial charge is 0.313 e. The summed E-state index contributed by atoms with van der Waals surface area (Å²) < 4.78 is 0. The second-order valence-electron chi connectivity index (χ2n) is 8.21. The molecule has 0 bridgehead atoms. The van der Waals surface area contributed by atoms with E-state index in [0.717, 1.165) is 12.0 Å². The van der Waals surface area contributed by atoms with Gasteiger partial charge in [-0.15, -0.1) is 0 Å². The molecule has 6 nitrogen and oxygen atoms in total. The van der Waals surface area contributed by atoms with Crippen molar-refractivity contribution in [1.29, 1.82) is 0 Å². The Labute approximate surface area is 162 Å². The molecule has 3 amide bonds. The summed E-state index contributed by atoms with van der Waals surface area (Å²) in [6.07, 6.45) is 0.800. The molecule has 1 aromatic rings. The minimum absolute atomic E-state index is 0.0318. The van der Waals surface area contributed by atoms with Gasteiger partial charge in [0.1, 0.15) is 6.04 Å². The van der Waals surface area contributed by atoms with E-state index < -0.39 is 17.9 Å². The highest BCUT2D eigenvalue weighted by molar-refractivity contribution is 6.40. The zero-order valence-electron chi connectivity index (χ0n) is 17.5. The molecule has 3 N–H and O–H groups in total. The number of carbonyl (C=O) groups is 3. The zero-order valence-corrected chi connectivity index (χ0v) is 17.5. The first-order chi connectivity index (χ1) is 12.5. The van der Waals surface area contributed by atoms with Gasteiger partial charge in [-0.25, -0.2) is 0 Å². The van der Waals surface area contributed by atoms with Crippen LogP contribution in [0.15, 0.2) is 24.3 Å². The van der Waals surface area contributed by atoms with Gasteiger partial charge in [0.2, 0.25) is 5.91 Å². The Kier molecular flexibility index (Phi) is 8.00. The molecule has 0 radical (unpaired) electrons. The molecular formula is C21H33N3O3. The van der Waals surface area contributed by atoms with Crippen LogP contribution in [0.4, 0.5) is 5.69 Å². The van der Waals surface area contributed by atoms with Gasteiger partial charge in [0, 0.05) is 11.7 Å². The van der Waals surface area contributed by atoms with E-state index >= 15 is 0 Å². The number of anilines is 1. The summed E-state index contributed by atoms with van der Waals surface area (Å²) >= 11 is 0. The van der Waals surface area contributed by atoms with Crippen LogP contribution in [0.1, 0.15) is 60.5 Å². The normalized spacial score (nSPS) is 13.6. The Morgan fingerprint density at radius 2 is 1.56 bits per heavy atom. The van der Waals surface area contributed by atoms with Gasteiger partial charge in [-0.3, -0.25) is 14.4 Å². The molecule has 0 spiro atoms. The predicted molar refractivity (Wildman–Crippen MR) is 108 cm³/mol. The topological polar surface area (TPSA) is 87.3 Å². The number of hydrogen-bond donors (Lipinski definition) is 3. The van der Waals surface area contributed by atoms with Crippen molar-refractivity contribution < 1.29 is 14.4 Å². The Balaban J connectivity index is 2.73. The summed E-state index contributed by atoms with van der Waals surface area (Å²) in [5.74, 6) is -1.63. The third-order valence-corrected chi connectivity index (χ3v) is 4.50. The number of para-hydroxylation sites is 1. The van der Waals surface area contributed by atoms with Crippen molar-refractivity contribution >= 4 is 23.4 Å². The van der Waals surface area contributed by atoms with Crippen LogP contribution in [-0.2, 0) is 19.8 Å². The fourth-order valence-electron chi connectivity index (χ4n) is 2.80. The quantitative estimate of drug-likeness (QED) is 0.668. The van der Waals surface area contributed by atoms with E-state index in [-0.39, 0.29) is 17.4 Å². The van der Waals surface area contributed by atoms with Crippen LogP contribution in [-0.4, -0.2) is 29.8 Å². The minimum atomic E-state index is -0.834. The molecule has 0 saturated heterocycles. The largest absolute Gasteiger partial charge is 0.351 e. The lowest BCUT2D eigenvalue weighted by Gasteiger charge is -2.24. The number of rotatable bonds is 6. The van der Waals surface area contributed by atoms with Gasteiger partial charge in [-0.05, 0) is 36.3 Å². The van der Waals surface area contributed by atoms with Crippen LogP contribution in [0, 0.1) is 5.92 Å². The first kappa shape index (κ1) is 22.7. The van der Waals surface area contributed by atoms with E-state index in [1.807, 2.05) is 53.7 Å². The van der Waals surface area contributed by atoms with Gasteiger partial charge < -0.3 is 16.0 Å². The lowest BCUT2D eigenvalue weighted by atomic mass is 9.86. The van der Waals surface area contributed by atoms with E-state index in [4.69, 9.17) is 0 Å². The highest BCUT2D eigenvalue weighted by Crippen LogP contribution is 2.29. The molecule has 0 aliphatic carbocycles. The minimum Gasteiger partial charge on any atom is -0.351 e. The van der Waals surface area contributed by atoms with Crippen LogP contribution in [0.5, 0.6) is 0 Å². The van der Waals surface area contributed by atoms with Gasteiger partial charge in [-0.2, -0.15) is 0 Å². The van der Waals surface area contributed by atoms with Crippen LogP contribution >= 0.6 is 0 Å². The molecule has 2 unspecified atom stereocenters. The summed E-state index contributed by atoms with van der Waals surface area (Å²) in [5.41, 5.74) is 1.34. The average Bonchev–Trinajstić information content (AvgIpc) is 2.58. The maximum absolute atomic E-state index is 12.3. The van der Waals surface area contributed by atoms with Crippen molar-refractivity contribution in [3.63, 3.8) is 0 Å². The summed E-state index contributed by atoms with van der Waals surface area (Å²) in [4.78, 5) is 36.8. The fourth-order valence-corrected chi connectivity index (χ4v) is 2.80. The molecule has 0 heterocycles. The van der Waals surface area contributed by atoms with Crippen molar-refractivity contribution in [3.05, 3.63) is 29.8 Å². The van der Waals surface area contributed by atoms with E-state index in [2.05, 4.69) is 16.0 Å². The molecule has 0 aromatic heterocycles. The van der Waals surface area contributed by atoms with E-state index in [1.165, 1.54) is 0 Å². The number of hydrogen-bond acceptors (Lipinski definition) is 3. The highest BCUT2D eigenvalue weighted by atomic mass is 16.2. The Bertz CT molecular complexity index is 677. The SMILES string of the molecule is CCC(NC(=O)C(C)NC(=O)C(=O)Nc1ccccc1C(C)(C)C)C(C)C. The molecule has 1 aromatic carbocycles. The maximum atomic E-state index is 12.3. The van der Waals surface area contributed by atoms with Gasteiger partial charge >= 0.3 is 11.8 Å². The van der Waals surface area contributed by atoms with E-state index in [9.17, 15) is 14.4 Å². The summed E-state index contributed by atoms with van der Waals surface area (Å²) in [7, 11) is 0. The van der Waals surface area contributed by atoms with Crippen molar-refractivity contribution in [2.75, 3.05) is 5.32 Å². The van der Waals surface area contributed by atoms with Gasteiger partial charge in [0.25, 0.3) is 0 Å². The van der Waals surface area contributed by atoms with Gasteiger partial charge in [-0.1, -0.05) is 59.7 Å². The zero-order chi connectivity index (χ0) is 20.8. The molecular weight excluding hydrogens is 342 g/mol. The summed E-state index contributed by atoms with van der Waals surface area (Å²) in [6, 6.07) is 6.60. The van der Waals surface area contributed by atoms with Crippen molar-refractivity contribution in [3.8, 4) is 0 Å². The van der Waals surface area contributed by atoms with Crippen LogP contribution in [0.2, 0.25) is 0 Å². The summed E-state index contributed by atoms with van der Waals surface area (Å²) in [5, 5.41) is 8.02. The van der Waals surface area contributed by atoms with Crippen molar-refractivity contribution in [2.24, 2.45) is 5.92 Å². The lowest BCUT2D eigenvalue weighted by Crippen LogP contribution is -2.51. The van der Waals surface area contributed by atoms with Crippen molar-refractivity contribution in [2.45, 2.75) is 72.4 Å². The molecule has 0 fully saturated rings. The predicted octanol–water partition coefficient (Wildman–Crippen LogP) is 2.98. The molecule has 150 valence electrons. The van der Waals surface area contributed by atoms with E-state index in [0.29, 0.717) is 11.6 Å². The molecule has 6 heteroatoms. The third-order valence-electron chi connectivity index (χ3n) is 4.50. The Morgan fingerprint density at radius 3 is 2.07 bits per heavy atom. The molecule has 0 aliphatic heterocycles. The fraction of sp³-hybridized carbons (Fsp3) is 0.571. The monoisotopic (exact) mass is 375 g/mol. The van der Waals surface area contributed by atoms with E-state index in [1.54, 1.807) is 19.1 Å². The van der Waals surface area contributed by atoms with Crippen molar-refractivity contribution in [1.82, 2.24) is 10.6 Å². The Hall–Kier alpha value is -2.37. The van der Waals surface area contributed by atoms with Gasteiger partial charge in [0.05, 0.1) is 0 Å². The average molecular weight is 376 g/mol. The van der Waals surface area contributed by atoms with Crippen LogP contribution < -0.4 is 16.0 Å². The van der Waals surface area contributed by atoms with Crippen LogP contribution in [0.25, 0.3) is 0 Å². The second-order valence-corrected chi connectivity index (χ2v) is 8.21. The third kappa shape index (κ3) is 6.70. The standard InChI is InChI=1S/C21H33N3O3/c1-8-16(13(2)3)23-18(25)14(4)22-19(26)20(27)24-17-12-10-9-11-15(17)21(5,6)7/h9-14,16H,8H2,1-7H3,(H,22,26)(H,23,25)(H,24,27). The maximum Gasteiger partial charge on any atom is 0.313 e. The molecule has 0 aliphatic rings. The highest BCUT2D eigenvalue weighted by Gasteiger charge is 2.25. The second kappa shape index (κ2) is 9.53.